The van der Waals surface area contributed by atoms with Gasteiger partial charge in [-0.2, -0.15) is 0 Å². The molecule has 0 aliphatic rings. The molecule has 0 atom stereocenters. The monoisotopic (exact) mass is 206 g/mol. The zero-order valence-corrected chi connectivity index (χ0v) is 10.1. The van der Waals surface area contributed by atoms with E-state index in [2.05, 4.69) is 45.0 Å². The first-order chi connectivity index (χ1) is 7.01. The standard InChI is InChI=1S/C14H22O/c1-14(2,3)10-8-12-4-6-13(7-5-12)9-11-15/h4-7,15H,8-11H2,1-3H3. The molecule has 0 aromatic heterocycles. The summed E-state index contributed by atoms with van der Waals surface area (Å²) < 4.78 is 0. The van der Waals surface area contributed by atoms with E-state index in [-0.39, 0.29) is 6.61 Å². The first kappa shape index (κ1) is 12.3. The van der Waals surface area contributed by atoms with Gasteiger partial charge >= 0.3 is 0 Å². The first-order valence-electron chi connectivity index (χ1n) is 5.70. The second-order valence-corrected chi connectivity index (χ2v) is 5.35. The molecule has 0 fully saturated rings. The third-order valence-corrected chi connectivity index (χ3v) is 2.59. The van der Waals surface area contributed by atoms with Gasteiger partial charge in [0, 0.05) is 6.61 Å². The molecule has 0 spiro atoms. The molecule has 0 amide bonds. The van der Waals surface area contributed by atoms with Crippen molar-refractivity contribution in [2.45, 2.75) is 40.0 Å². The molecule has 0 saturated heterocycles. The summed E-state index contributed by atoms with van der Waals surface area (Å²) in [5.74, 6) is 0. The second-order valence-electron chi connectivity index (χ2n) is 5.35. The maximum absolute atomic E-state index is 8.80. The molecule has 1 nitrogen and oxygen atoms in total. The fraction of sp³-hybridized carbons (Fsp3) is 0.571. The molecular weight excluding hydrogens is 184 g/mol. The van der Waals surface area contributed by atoms with Crippen LogP contribution in [0.1, 0.15) is 38.3 Å². The minimum atomic E-state index is 0.237. The van der Waals surface area contributed by atoms with E-state index >= 15 is 0 Å². The molecular formula is C14H22O. The minimum Gasteiger partial charge on any atom is -0.396 e. The lowest BCUT2D eigenvalue weighted by Gasteiger charge is -2.17. The molecule has 1 aromatic carbocycles. The van der Waals surface area contributed by atoms with Crippen LogP contribution in [0, 0.1) is 5.41 Å². The van der Waals surface area contributed by atoms with Gasteiger partial charge in [0.15, 0.2) is 0 Å². The van der Waals surface area contributed by atoms with Crippen molar-refractivity contribution in [3.8, 4) is 0 Å². The van der Waals surface area contributed by atoms with Crippen LogP contribution in [0.2, 0.25) is 0 Å². The number of aryl methyl sites for hydroxylation is 1. The van der Waals surface area contributed by atoms with Gasteiger partial charge in [-0.05, 0) is 35.8 Å². The highest BCUT2D eigenvalue weighted by atomic mass is 16.2. The quantitative estimate of drug-likeness (QED) is 0.802. The average Bonchev–Trinajstić information content (AvgIpc) is 2.16. The lowest BCUT2D eigenvalue weighted by Crippen LogP contribution is -2.06. The molecule has 0 unspecified atom stereocenters. The number of benzene rings is 1. The Labute approximate surface area is 93.1 Å². The molecule has 0 aliphatic carbocycles. The van der Waals surface area contributed by atoms with E-state index in [4.69, 9.17) is 5.11 Å². The van der Waals surface area contributed by atoms with Crippen molar-refractivity contribution >= 4 is 0 Å². The number of rotatable bonds is 4. The summed E-state index contributed by atoms with van der Waals surface area (Å²) in [5, 5.41) is 8.80. The summed E-state index contributed by atoms with van der Waals surface area (Å²) in [4.78, 5) is 0. The van der Waals surface area contributed by atoms with Crippen LogP contribution in [0.3, 0.4) is 0 Å². The molecule has 15 heavy (non-hydrogen) atoms. The molecule has 0 saturated carbocycles. The first-order valence-corrected chi connectivity index (χ1v) is 5.70. The SMILES string of the molecule is CC(C)(C)CCc1ccc(CCO)cc1. The average molecular weight is 206 g/mol. The van der Waals surface area contributed by atoms with Gasteiger partial charge in [0.25, 0.3) is 0 Å². The van der Waals surface area contributed by atoms with Crippen LogP contribution in [-0.4, -0.2) is 11.7 Å². The Kier molecular flexibility index (Phi) is 4.34. The van der Waals surface area contributed by atoms with Crippen LogP contribution < -0.4 is 0 Å². The predicted molar refractivity (Wildman–Crippen MR) is 65.0 cm³/mol. The van der Waals surface area contributed by atoms with Crippen molar-refractivity contribution in [2.24, 2.45) is 5.41 Å². The van der Waals surface area contributed by atoms with Gasteiger partial charge in [-0.3, -0.25) is 0 Å². The molecule has 1 rings (SSSR count). The summed E-state index contributed by atoms with van der Waals surface area (Å²) in [6, 6.07) is 8.59. The highest BCUT2D eigenvalue weighted by Gasteiger charge is 2.09. The van der Waals surface area contributed by atoms with E-state index in [0.717, 1.165) is 12.8 Å². The second kappa shape index (κ2) is 5.32. The van der Waals surface area contributed by atoms with E-state index in [1.807, 2.05) is 0 Å². The Morgan fingerprint density at radius 3 is 1.80 bits per heavy atom. The zero-order valence-electron chi connectivity index (χ0n) is 10.1. The third-order valence-electron chi connectivity index (χ3n) is 2.59. The highest BCUT2D eigenvalue weighted by molar-refractivity contribution is 5.22. The Morgan fingerprint density at radius 2 is 1.40 bits per heavy atom. The fourth-order valence-electron chi connectivity index (χ4n) is 1.52. The number of hydrogen-bond acceptors (Lipinski definition) is 1. The van der Waals surface area contributed by atoms with E-state index < -0.39 is 0 Å². The fourth-order valence-corrected chi connectivity index (χ4v) is 1.52. The molecule has 0 aliphatic heterocycles. The maximum atomic E-state index is 8.80. The summed E-state index contributed by atoms with van der Waals surface area (Å²) in [6.45, 7) is 7.05. The molecule has 0 heterocycles. The topological polar surface area (TPSA) is 20.2 Å². The number of aliphatic hydroxyl groups excluding tert-OH is 1. The van der Waals surface area contributed by atoms with Crippen molar-refractivity contribution in [3.05, 3.63) is 35.4 Å². The van der Waals surface area contributed by atoms with Gasteiger partial charge in [0.1, 0.15) is 0 Å². The van der Waals surface area contributed by atoms with Gasteiger partial charge in [-0.15, -0.1) is 0 Å². The lowest BCUT2D eigenvalue weighted by atomic mass is 9.88. The molecule has 84 valence electrons. The van der Waals surface area contributed by atoms with Crippen LogP contribution in [0.5, 0.6) is 0 Å². The Balaban J connectivity index is 2.50. The van der Waals surface area contributed by atoms with Crippen molar-refractivity contribution in [1.82, 2.24) is 0 Å². The van der Waals surface area contributed by atoms with Crippen LogP contribution in [0.4, 0.5) is 0 Å². The van der Waals surface area contributed by atoms with Crippen molar-refractivity contribution in [1.29, 1.82) is 0 Å². The Bertz CT molecular complexity index is 279. The molecule has 0 bridgehead atoms. The smallest absolute Gasteiger partial charge is 0.0471 e. The van der Waals surface area contributed by atoms with Crippen molar-refractivity contribution in [3.63, 3.8) is 0 Å². The van der Waals surface area contributed by atoms with Crippen LogP contribution in [-0.2, 0) is 12.8 Å². The summed E-state index contributed by atoms with van der Waals surface area (Å²) in [5.41, 5.74) is 3.02. The molecule has 1 N–H and O–H groups in total. The van der Waals surface area contributed by atoms with Crippen molar-refractivity contribution in [2.75, 3.05) is 6.61 Å². The summed E-state index contributed by atoms with van der Waals surface area (Å²) in [7, 11) is 0. The predicted octanol–water partition coefficient (Wildman–Crippen LogP) is 3.20. The van der Waals surface area contributed by atoms with Gasteiger partial charge in [0.05, 0.1) is 0 Å². The van der Waals surface area contributed by atoms with Gasteiger partial charge in [-0.25, -0.2) is 0 Å². The lowest BCUT2D eigenvalue weighted by molar-refractivity contribution is 0.299. The zero-order chi connectivity index (χ0) is 11.3. The molecule has 1 heteroatoms. The summed E-state index contributed by atoms with van der Waals surface area (Å²) >= 11 is 0. The molecule has 1 aromatic rings. The van der Waals surface area contributed by atoms with Crippen LogP contribution in [0.25, 0.3) is 0 Å². The van der Waals surface area contributed by atoms with E-state index in [0.29, 0.717) is 5.41 Å². The number of hydrogen-bond donors (Lipinski definition) is 1. The van der Waals surface area contributed by atoms with Crippen molar-refractivity contribution < 1.29 is 5.11 Å². The number of aliphatic hydroxyl groups is 1. The van der Waals surface area contributed by atoms with E-state index in [1.165, 1.54) is 17.5 Å². The maximum Gasteiger partial charge on any atom is 0.0471 e. The Hall–Kier alpha value is -0.820. The van der Waals surface area contributed by atoms with E-state index in [9.17, 15) is 0 Å². The largest absolute Gasteiger partial charge is 0.396 e. The van der Waals surface area contributed by atoms with E-state index in [1.54, 1.807) is 0 Å². The van der Waals surface area contributed by atoms with Crippen LogP contribution in [0.15, 0.2) is 24.3 Å². The normalized spacial score (nSPS) is 11.7. The highest BCUT2D eigenvalue weighted by Crippen LogP contribution is 2.21. The molecule has 0 radical (unpaired) electrons. The minimum absolute atomic E-state index is 0.237. The van der Waals surface area contributed by atoms with Gasteiger partial charge < -0.3 is 5.11 Å². The van der Waals surface area contributed by atoms with Crippen LogP contribution >= 0.6 is 0 Å². The Morgan fingerprint density at radius 1 is 0.933 bits per heavy atom. The van der Waals surface area contributed by atoms with Gasteiger partial charge in [0.2, 0.25) is 0 Å². The summed E-state index contributed by atoms with van der Waals surface area (Å²) in [6.07, 6.45) is 3.12. The van der Waals surface area contributed by atoms with Gasteiger partial charge in [-0.1, -0.05) is 45.0 Å². The third kappa shape index (κ3) is 4.98.